The minimum absolute atomic E-state index is 0.0864. The minimum Gasteiger partial charge on any atom is -0.477 e. The fourth-order valence-electron chi connectivity index (χ4n) is 4.10. The number of urea groups is 1. The van der Waals surface area contributed by atoms with Crippen LogP contribution in [0.3, 0.4) is 0 Å². The van der Waals surface area contributed by atoms with Crippen LogP contribution in [-0.4, -0.2) is 47.6 Å². The lowest BCUT2D eigenvalue weighted by molar-refractivity contribution is 0.0945. The monoisotopic (exact) mass is 466 g/mol. The van der Waals surface area contributed by atoms with Gasteiger partial charge in [-0.15, -0.1) is 11.3 Å². The number of anilines is 3. The largest absolute Gasteiger partial charge is 0.477 e. The van der Waals surface area contributed by atoms with Crippen LogP contribution in [0.1, 0.15) is 35.5 Å². The smallest absolute Gasteiger partial charge is 0.331 e. The number of carbonyl (C=O) groups is 2. The van der Waals surface area contributed by atoms with Crippen LogP contribution >= 0.6 is 11.3 Å². The van der Waals surface area contributed by atoms with E-state index < -0.39 is 0 Å². The van der Waals surface area contributed by atoms with Crippen molar-refractivity contribution in [3.63, 3.8) is 0 Å². The number of thiophene rings is 1. The van der Waals surface area contributed by atoms with Crippen LogP contribution in [0.5, 0.6) is 5.88 Å². The molecule has 33 heavy (non-hydrogen) atoms. The number of aryl methyl sites for hydroxylation is 1. The molecule has 1 unspecified atom stereocenters. The first-order chi connectivity index (χ1) is 15.9. The summed E-state index contributed by atoms with van der Waals surface area (Å²) in [6, 6.07) is 3.37. The zero-order valence-electron chi connectivity index (χ0n) is 18.8. The second-order valence-electron chi connectivity index (χ2n) is 8.76. The molecule has 3 N–H and O–H groups in total. The summed E-state index contributed by atoms with van der Waals surface area (Å²) in [6.45, 7) is 8.27. The molecule has 3 aromatic heterocycles. The van der Waals surface area contributed by atoms with Crippen LogP contribution in [0.4, 0.5) is 21.9 Å². The molecule has 0 aliphatic carbocycles. The maximum absolute atomic E-state index is 13.3. The van der Waals surface area contributed by atoms with Gasteiger partial charge in [-0.3, -0.25) is 9.69 Å². The van der Waals surface area contributed by atoms with Crippen molar-refractivity contribution in [1.29, 1.82) is 0 Å². The van der Waals surface area contributed by atoms with Gasteiger partial charge >= 0.3 is 6.03 Å². The van der Waals surface area contributed by atoms with Crippen molar-refractivity contribution in [2.75, 3.05) is 29.9 Å². The molecule has 5 heterocycles. The Morgan fingerprint density at radius 3 is 2.94 bits per heavy atom. The van der Waals surface area contributed by atoms with E-state index in [1.54, 1.807) is 23.4 Å². The second-order valence-corrected chi connectivity index (χ2v) is 9.76. The SMILES string of the molecule is Cc1cc(OCC(C)C)ncc1N1C(=O)Nc2c(C(=O)NC3CCNC3)sc3nccc1c23. The topological polar surface area (TPSA) is 108 Å². The lowest BCUT2D eigenvalue weighted by atomic mass is 10.1. The van der Waals surface area contributed by atoms with E-state index in [9.17, 15) is 9.59 Å². The highest BCUT2D eigenvalue weighted by Gasteiger charge is 2.34. The van der Waals surface area contributed by atoms with Gasteiger partial charge in [0.2, 0.25) is 5.88 Å². The second kappa shape index (κ2) is 8.60. The summed E-state index contributed by atoms with van der Waals surface area (Å²) >= 11 is 1.29. The number of nitrogens with one attached hydrogen (secondary N) is 3. The summed E-state index contributed by atoms with van der Waals surface area (Å²) < 4.78 is 5.73. The van der Waals surface area contributed by atoms with Crippen LogP contribution in [0.25, 0.3) is 10.2 Å². The molecular weight excluding hydrogens is 440 g/mol. The first-order valence-corrected chi connectivity index (χ1v) is 11.9. The summed E-state index contributed by atoms with van der Waals surface area (Å²) in [6.07, 6.45) is 4.20. The number of amides is 3. The Hall–Kier alpha value is -3.24. The number of carbonyl (C=O) groups excluding carboxylic acids is 2. The van der Waals surface area contributed by atoms with Gasteiger partial charge in [0.05, 0.1) is 35.3 Å². The first-order valence-electron chi connectivity index (χ1n) is 11.1. The fourth-order valence-corrected chi connectivity index (χ4v) is 5.12. The normalized spacial score (nSPS) is 17.5. The lowest BCUT2D eigenvalue weighted by Crippen LogP contribution is -2.37. The van der Waals surface area contributed by atoms with Gasteiger partial charge in [0.15, 0.2) is 0 Å². The summed E-state index contributed by atoms with van der Waals surface area (Å²) in [5.41, 5.74) is 2.70. The van der Waals surface area contributed by atoms with Crippen LogP contribution in [0, 0.1) is 12.8 Å². The van der Waals surface area contributed by atoms with Gasteiger partial charge in [-0.1, -0.05) is 13.8 Å². The number of rotatable bonds is 6. The van der Waals surface area contributed by atoms with E-state index in [-0.39, 0.29) is 18.0 Å². The molecule has 2 aliphatic heterocycles. The van der Waals surface area contributed by atoms with E-state index in [1.165, 1.54) is 11.3 Å². The maximum atomic E-state index is 13.3. The van der Waals surface area contributed by atoms with Crippen molar-refractivity contribution in [3.8, 4) is 5.88 Å². The molecule has 0 bridgehead atoms. The third kappa shape index (κ3) is 4.00. The fraction of sp³-hybridized carbons (Fsp3) is 0.391. The van der Waals surface area contributed by atoms with Gasteiger partial charge in [-0.05, 0) is 37.4 Å². The lowest BCUT2D eigenvalue weighted by Gasteiger charge is -2.29. The van der Waals surface area contributed by atoms with Crippen LogP contribution in [-0.2, 0) is 0 Å². The Morgan fingerprint density at radius 2 is 2.21 bits per heavy atom. The molecule has 10 heteroatoms. The van der Waals surface area contributed by atoms with Gasteiger partial charge in [-0.25, -0.2) is 14.8 Å². The molecule has 0 aromatic carbocycles. The average molecular weight is 467 g/mol. The number of pyridine rings is 2. The molecule has 172 valence electrons. The molecule has 1 fully saturated rings. The van der Waals surface area contributed by atoms with Crippen LogP contribution in [0.15, 0.2) is 24.5 Å². The van der Waals surface area contributed by atoms with E-state index in [1.807, 2.05) is 13.0 Å². The Balaban J connectivity index is 1.51. The van der Waals surface area contributed by atoms with E-state index in [0.717, 1.165) is 30.5 Å². The molecule has 0 radical (unpaired) electrons. The van der Waals surface area contributed by atoms with Crippen molar-refractivity contribution < 1.29 is 14.3 Å². The van der Waals surface area contributed by atoms with Crippen LogP contribution in [0.2, 0.25) is 0 Å². The van der Waals surface area contributed by atoms with E-state index >= 15 is 0 Å². The maximum Gasteiger partial charge on any atom is 0.331 e. The van der Waals surface area contributed by atoms with Crippen molar-refractivity contribution in [2.45, 2.75) is 33.2 Å². The molecule has 1 saturated heterocycles. The standard InChI is InChI=1S/C23H26N6O3S/c1-12(2)11-32-17-8-13(3)16(10-26-17)29-15-5-7-25-22-18(15)19(28-23(29)31)20(33-22)21(30)27-14-4-6-24-9-14/h5,7-8,10,12,14,24H,4,6,9,11H2,1-3H3,(H,27,30)(H,28,31). The van der Waals surface area contributed by atoms with Gasteiger partial charge in [-0.2, -0.15) is 0 Å². The molecule has 3 aromatic rings. The van der Waals surface area contributed by atoms with Crippen molar-refractivity contribution in [1.82, 2.24) is 20.6 Å². The number of ether oxygens (including phenoxy) is 1. The van der Waals surface area contributed by atoms with E-state index in [4.69, 9.17) is 4.74 Å². The molecule has 5 rings (SSSR count). The molecule has 1 atom stereocenters. The Kier molecular flexibility index (Phi) is 5.63. The summed E-state index contributed by atoms with van der Waals surface area (Å²) in [7, 11) is 0. The van der Waals surface area contributed by atoms with Gasteiger partial charge in [0.25, 0.3) is 5.91 Å². The zero-order chi connectivity index (χ0) is 23.1. The Morgan fingerprint density at radius 1 is 1.36 bits per heavy atom. The molecule has 9 nitrogen and oxygen atoms in total. The van der Waals surface area contributed by atoms with Crippen molar-refractivity contribution >= 4 is 50.6 Å². The number of aromatic nitrogens is 2. The molecule has 0 spiro atoms. The number of nitrogens with zero attached hydrogens (tertiary/aromatic N) is 3. The highest BCUT2D eigenvalue weighted by molar-refractivity contribution is 7.21. The Labute approximate surface area is 195 Å². The van der Waals surface area contributed by atoms with Gasteiger partial charge < -0.3 is 20.7 Å². The van der Waals surface area contributed by atoms with Crippen molar-refractivity contribution in [2.24, 2.45) is 5.92 Å². The first kappa shape index (κ1) is 21.6. The highest BCUT2D eigenvalue weighted by Crippen LogP contribution is 2.46. The Bertz CT molecular complexity index is 1230. The third-order valence-electron chi connectivity index (χ3n) is 5.71. The predicted octanol–water partition coefficient (Wildman–Crippen LogP) is 3.81. The quantitative estimate of drug-likeness (QED) is 0.510. The summed E-state index contributed by atoms with van der Waals surface area (Å²) in [5.74, 6) is 0.725. The highest BCUT2D eigenvalue weighted by atomic mass is 32.1. The summed E-state index contributed by atoms with van der Waals surface area (Å²) in [4.78, 5) is 37.9. The van der Waals surface area contributed by atoms with Crippen LogP contribution < -0.4 is 25.6 Å². The van der Waals surface area contributed by atoms with Gasteiger partial charge in [0.1, 0.15) is 9.71 Å². The molecule has 3 amide bonds. The number of hydrogen-bond donors (Lipinski definition) is 3. The number of hydrogen-bond acceptors (Lipinski definition) is 7. The molecular formula is C23H26N6O3S. The van der Waals surface area contributed by atoms with E-state index in [0.29, 0.717) is 45.2 Å². The van der Waals surface area contributed by atoms with Crippen molar-refractivity contribution in [3.05, 3.63) is 35.0 Å². The molecule has 0 saturated carbocycles. The third-order valence-corrected chi connectivity index (χ3v) is 6.81. The zero-order valence-corrected chi connectivity index (χ0v) is 19.6. The average Bonchev–Trinajstić information content (AvgIpc) is 3.42. The molecule has 2 aliphatic rings. The summed E-state index contributed by atoms with van der Waals surface area (Å²) in [5, 5.41) is 9.99. The van der Waals surface area contributed by atoms with E-state index in [2.05, 4.69) is 39.8 Å². The van der Waals surface area contributed by atoms with Gasteiger partial charge in [0, 0.05) is 24.8 Å². The predicted molar refractivity (Wildman–Crippen MR) is 129 cm³/mol. The minimum atomic E-state index is -0.342.